The van der Waals surface area contributed by atoms with Gasteiger partial charge in [-0.15, -0.1) is 0 Å². The van der Waals surface area contributed by atoms with Gasteiger partial charge in [0.25, 0.3) is 11.6 Å². The van der Waals surface area contributed by atoms with E-state index in [2.05, 4.69) is 5.32 Å². The molecule has 0 spiro atoms. The van der Waals surface area contributed by atoms with Crippen LogP contribution >= 0.6 is 0 Å². The number of carbonyl (C=O) groups excluding carboxylic acids is 2. The van der Waals surface area contributed by atoms with Gasteiger partial charge in [0.2, 0.25) is 0 Å². The first-order valence-electron chi connectivity index (χ1n) is 7.49. The number of nitrogens with zero attached hydrogens (tertiary/aromatic N) is 1. The molecule has 0 aliphatic carbocycles. The minimum Gasteiger partial charge on any atom is -0.452 e. The Balaban J connectivity index is 1.80. The molecule has 0 aliphatic rings. The Kier molecular flexibility index (Phi) is 6.05. The maximum atomic E-state index is 11.9. The third-order valence-electron chi connectivity index (χ3n) is 3.38. The summed E-state index contributed by atoms with van der Waals surface area (Å²) in [4.78, 5) is 33.7. The molecular weight excluding hydrogens is 326 g/mol. The van der Waals surface area contributed by atoms with Crippen molar-refractivity contribution in [1.82, 2.24) is 5.32 Å². The number of anilines is 1. The number of esters is 1. The summed E-state index contributed by atoms with van der Waals surface area (Å²) in [5, 5.41) is 13.4. The lowest BCUT2D eigenvalue weighted by molar-refractivity contribution is -0.383. The molecule has 0 heterocycles. The van der Waals surface area contributed by atoms with Gasteiger partial charge in [-0.3, -0.25) is 14.9 Å². The lowest BCUT2D eigenvalue weighted by atomic mass is 10.1. The van der Waals surface area contributed by atoms with Crippen molar-refractivity contribution in [3.05, 3.63) is 69.8 Å². The first-order valence-corrected chi connectivity index (χ1v) is 7.49. The number of nitrogens with two attached hydrogens (primary N) is 1. The monoisotopic (exact) mass is 343 g/mol. The van der Waals surface area contributed by atoms with Crippen LogP contribution in [0, 0.1) is 10.1 Å². The first-order chi connectivity index (χ1) is 12.0. The Labute approximate surface area is 143 Å². The molecule has 130 valence electrons. The van der Waals surface area contributed by atoms with Crippen LogP contribution in [0.25, 0.3) is 0 Å². The summed E-state index contributed by atoms with van der Waals surface area (Å²) >= 11 is 0. The number of nitrogen functional groups attached to an aromatic ring is 1. The number of nitrogens with one attached hydrogen (secondary N) is 1. The van der Waals surface area contributed by atoms with Crippen molar-refractivity contribution in [2.24, 2.45) is 0 Å². The van der Waals surface area contributed by atoms with Gasteiger partial charge in [0.05, 0.1) is 10.5 Å². The fraction of sp³-hybridized carbons (Fsp3) is 0.176. The molecule has 0 saturated heterocycles. The zero-order valence-corrected chi connectivity index (χ0v) is 13.3. The zero-order valence-electron chi connectivity index (χ0n) is 13.3. The van der Waals surface area contributed by atoms with Crippen LogP contribution in [0.5, 0.6) is 0 Å². The Morgan fingerprint density at radius 2 is 1.88 bits per heavy atom. The molecule has 0 saturated carbocycles. The summed E-state index contributed by atoms with van der Waals surface area (Å²) in [6.07, 6.45) is 0.657. The number of nitro groups is 1. The minimum atomic E-state index is -0.832. The second kappa shape index (κ2) is 8.44. The molecule has 0 radical (unpaired) electrons. The lowest BCUT2D eigenvalue weighted by Crippen LogP contribution is -2.30. The summed E-state index contributed by atoms with van der Waals surface area (Å²) in [5.74, 6) is -1.28. The predicted octanol–water partition coefficient (Wildman–Crippen LogP) is 1.69. The molecule has 25 heavy (non-hydrogen) atoms. The highest BCUT2D eigenvalue weighted by atomic mass is 16.6. The van der Waals surface area contributed by atoms with Gasteiger partial charge in [0.15, 0.2) is 6.61 Å². The van der Waals surface area contributed by atoms with E-state index in [-0.39, 0.29) is 16.9 Å². The third-order valence-corrected chi connectivity index (χ3v) is 3.38. The van der Waals surface area contributed by atoms with Crippen molar-refractivity contribution >= 4 is 23.3 Å². The number of benzene rings is 2. The van der Waals surface area contributed by atoms with Crippen molar-refractivity contribution in [3.8, 4) is 0 Å². The van der Waals surface area contributed by atoms with E-state index in [0.717, 1.165) is 11.6 Å². The number of carbonyl (C=O) groups is 2. The smallest absolute Gasteiger partial charge is 0.338 e. The van der Waals surface area contributed by atoms with Crippen LogP contribution in [0.1, 0.15) is 15.9 Å². The molecule has 2 aromatic carbocycles. The summed E-state index contributed by atoms with van der Waals surface area (Å²) in [7, 11) is 0. The molecule has 2 aromatic rings. The largest absolute Gasteiger partial charge is 0.452 e. The quantitative estimate of drug-likeness (QED) is 0.341. The molecule has 1 amide bonds. The van der Waals surface area contributed by atoms with E-state index in [1.807, 2.05) is 30.3 Å². The van der Waals surface area contributed by atoms with Crippen LogP contribution in [0.4, 0.5) is 11.4 Å². The third kappa shape index (κ3) is 5.31. The molecule has 3 N–H and O–H groups in total. The van der Waals surface area contributed by atoms with Crippen molar-refractivity contribution in [3.63, 3.8) is 0 Å². The molecule has 2 rings (SSSR count). The van der Waals surface area contributed by atoms with E-state index >= 15 is 0 Å². The van der Waals surface area contributed by atoms with Crippen LogP contribution in [0.15, 0.2) is 48.5 Å². The van der Waals surface area contributed by atoms with Crippen LogP contribution in [-0.4, -0.2) is 30.0 Å². The van der Waals surface area contributed by atoms with E-state index < -0.39 is 23.4 Å². The number of ether oxygens (including phenoxy) is 1. The molecule has 8 heteroatoms. The van der Waals surface area contributed by atoms with Crippen molar-refractivity contribution < 1.29 is 19.2 Å². The number of hydrogen-bond acceptors (Lipinski definition) is 6. The average Bonchev–Trinajstić information content (AvgIpc) is 2.60. The van der Waals surface area contributed by atoms with E-state index in [1.54, 1.807) is 0 Å². The maximum absolute atomic E-state index is 11.9. The summed E-state index contributed by atoms with van der Waals surface area (Å²) in [6, 6.07) is 13.2. The molecule has 0 fully saturated rings. The van der Waals surface area contributed by atoms with Gasteiger partial charge in [0.1, 0.15) is 5.69 Å². The van der Waals surface area contributed by atoms with E-state index in [4.69, 9.17) is 10.5 Å². The summed E-state index contributed by atoms with van der Waals surface area (Å²) in [5.41, 5.74) is 6.05. The maximum Gasteiger partial charge on any atom is 0.338 e. The molecule has 0 aliphatic heterocycles. The normalized spacial score (nSPS) is 10.1. The second-order valence-corrected chi connectivity index (χ2v) is 5.19. The number of nitro benzene ring substituents is 1. The second-order valence-electron chi connectivity index (χ2n) is 5.19. The van der Waals surface area contributed by atoms with E-state index in [0.29, 0.717) is 13.0 Å². The SMILES string of the molecule is Nc1ccc(C(=O)OCC(=O)NCCc2ccccc2)cc1[N+](=O)[O-]. The van der Waals surface area contributed by atoms with Crippen LogP contribution in [0.2, 0.25) is 0 Å². The Morgan fingerprint density at radius 3 is 2.56 bits per heavy atom. The van der Waals surface area contributed by atoms with Crippen molar-refractivity contribution in [1.29, 1.82) is 0 Å². The molecule has 8 nitrogen and oxygen atoms in total. The molecule has 0 aromatic heterocycles. The summed E-state index contributed by atoms with van der Waals surface area (Å²) in [6.45, 7) is -0.0560. The fourth-order valence-electron chi connectivity index (χ4n) is 2.09. The Morgan fingerprint density at radius 1 is 1.16 bits per heavy atom. The zero-order chi connectivity index (χ0) is 18.2. The van der Waals surface area contributed by atoms with Gasteiger partial charge >= 0.3 is 5.97 Å². The van der Waals surface area contributed by atoms with Crippen LogP contribution in [0.3, 0.4) is 0 Å². The van der Waals surface area contributed by atoms with Crippen LogP contribution in [-0.2, 0) is 16.0 Å². The van der Waals surface area contributed by atoms with Crippen LogP contribution < -0.4 is 11.1 Å². The molecule has 0 unspecified atom stereocenters. The average molecular weight is 343 g/mol. The topological polar surface area (TPSA) is 125 Å². The standard InChI is InChI=1S/C17H17N3O5/c18-14-7-6-13(10-15(14)20(23)24)17(22)25-11-16(21)19-9-8-12-4-2-1-3-5-12/h1-7,10H,8-9,11,18H2,(H,19,21). The van der Waals surface area contributed by atoms with E-state index in [9.17, 15) is 19.7 Å². The molecule has 0 atom stereocenters. The fourth-order valence-corrected chi connectivity index (χ4v) is 2.09. The van der Waals surface area contributed by atoms with Gasteiger partial charge in [-0.1, -0.05) is 30.3 Å². The van der Waals surface area contributed by atoms with Crippen molar-refractivity contribution in [2.45, 2.75) is 6.42 Å². The van der Waals surface area contributed by atoms with Gasteiger partial charge in [-0.05, 0) is 24.1 Å². The number of hydrogen-bond donors (Lipinski definition) is 2. The lowest BCUT2D eigenvalue weighted by Gasteiger charge is -2.07. The van der Waals surface area contributed by atoms with Crippen molar-refractivity contribution in [2.75, 3.05) is 18.9 Å². The highest BCUT2D eigenvalue weighted by Gasteiger charge is 2.17. The highest BCUT2D eigenvalue weighted by molar-refractivity contribution is 5.92. The van der Waals surface area contributed by atoms with Gasteiger partial charge in [0, 0.05) is 12.6 Å². The van der Waals surface area contributed by atoms with E-state index in [1.165, 1.54) is 12.1 Å². The number of rotatable bonds is 7. The summed E-state index contributed by atoms with van der Waals surface area (Å²) < 4.78 is 4.85. The van der Waals surface area contributed by atoms with Gasteiger partial charge in [-0.25, -0.2) is 4.79 Å². The Hall–Kier alpha value is -3.42. The number of amides is 1. The van der Waals surface area contributed by atoms with Gasteiger partial charge in [-0.2, -0.15) is 0 Å². The predicted molar refractivity (Wildman–Crippen MR) is 90.9 cm³/mol. The van der Waals surface area contributed by atoms with Gasteiger partial charge < -0.3 is 15.8 Å². The minimum absolute atomic E-state index is 0.0435. The first kappa shape index (κ1) is 17.9. The Bertz CT molecular complexity index is 777. The molecule has 0 bridgehead atoms. The molecular formula is C17H17N3O5. The highest BCUT2D eigenvalue weighted by Crippen LogP contribution is 2.22.